The van der Waals surface area contributed by atoms with Crippen LogP contribution in [0.2, 0.25) is 0 Å². The molecular weight excluding hydrogens is 322 g/mol. The molecular formula is C15H20ClN3O2S. The third-order valence-electron chi connectivity index (χ3n) is 2.73. The normalized spacial score (nSPS) is 10.2. The summed E-state index contributed by atoms with van der Waals surface area (Å²) >= 11 is 1.39. The number of rotatable bonds is 6. The highest BCUT2D eigenvalue weighted by atomic mass is 35.5. The SMILES string of the molecule is CC(C)Oc1ccccc1CNC(=O)c1csc(CN)n1.Cl. The van der Waals surface area contributed by atoms with Crippen molar-refractivity contribution in [1.29, 1.82) is 0 Å². The van der Waals surface area contributed by atoms with Gasteiger partial charge in [0.05, 0.1) is 6.10 Å². The van der Waals surface area contributed by atoms with Gasteiger partial charge in [-0.3, -0.25) is 4.79 Å². The molecule has 1 heterocycles. The summed E-state index contributed by atoms with van der Waals surface area (Å²) in [6, 6.07) is 7.67. The Hall–Kier alpha value is -1.63. The van der Waals surface area contributed by atoms with Crippen LogP contribution >= 0.6 is 23.7 Å². The van der Waals surface area contributed by atoms with Gasteiger partial charge in [-0.25, -0.2) is 4.98 Å². The Morgan fingerprint density at radius 2 is 2.14 bits per heavy atom. The van der Waals surface area contributed by atoms with Gasteiger partial charge in [0.2, 0.25) is 0 Å². The lowest BCUT2D eigenvalue weighted by Crippen LogP contribution is -2.23. The maximum Gasteiger partial charge on any atom is 0.271 e. The highest BCUT2D eigenvalue weighted by Gasteiger charge is 2.11. The quantitative estimate of drug-likeness (QED) is 0.847. The van der Waals surface area contributed by atoms with Crippen LogP contribution in [-0.2, 0) is 13.1 Å². The maximum atomic E-state index is 12.0. The third-order valence-corrected chi connectivity index (χ3v) is 3.60. The predicted molar refractivity (Wildman–Crippen MR) is 90.6 cm³/mol. The number of hydrogen-bond acceptors (Lipinski definition) is 5. The van der Waals surface area contributed by atoms with E-state index in [4.69, 9.17) is 10.5 Å². The van der Waals surface area contributed by atoms with Gasteiger partial charge in [0.25, 0.3) is 5.91 Å². The minimum atomic E-state index is -0.203. The zero-order chi connectivity index (χ0) is 15.2. The van der Waals surface area contributed by atoms with Crippen molar-refractivity contribution in [3.8, 4) is 5.75 Å². The third kappa shape index (κ3) is 4.98. The van der Waals surface area contributed by atoms with E-state index in [1.54, 1.807) is 5.38 Å². The van der Waals surface area contributed by atoms with Crippen LogP contribution in [0.3, 0.4) is 0 Å². The zero-order valence-electron chi connectivity index (χ0n) is 12.5. The van der Waals surface area contributed by atoms with Gasteiger partial charge < -0.3 is 15.8 Å². The molecule has 0 aliphatic heterocycles. The monoisotopic (exact) mass is 341 g/mol. The molecule has 7 heteroatoms. The number of para-hydroxylation sites is 1. The smallest absolute Gasteiger partial charge is 0.271 e. The van der Waals surface area contributed by atoms with Crippen LogP contribution in [0.25, 0.3) is 0 Å². The van der Waals surface area contributed by atoms with Crippen LogP contribution in [0.5, 0.6) is 5.75 Å². The molecule has 0 spiro atoms. The van der Waals surface area contributed by atoms with Gasteiger partial charge in [0.15, 0.2) is 0 Å². The van der Waals surface area contributed by atoms with E-state index in [0.717, 1.165) is 16.3 Å². The fraction of sp³-hybridized carbons (Fsp3) is 0.333. The van der Waals surface area contributed by atoms with Crippen LogP contribution in [0.15, 0.2) is 29.6 Å². The average molecular weight is 342 g/mol. The lowest BCUT2D eigenvalue weighted by molar-refractivity contribution is 0.0946. The minimum absolute atomic E-state index is 0. The molecule has 0 fully saturated rings. The molecule has 5 nitrogen and oxygen atoms in total. The molecule has 1 amide bonds. The number of thiazole rings is 1. The Bertz CT molecular complexity index is 616. The number of carbonyl (C=O) groups excluding carboxylic acids is 1. The molecule has 1 aromatic carbocycles. The van der Waals surface area contributed by atoms with Gasteiger partial charge in [0.1, 0.15) is 16.5 Å². The Morgan fingerprint density at radius 3 is 2.77 bits per heavy atom. The second-order valence-corrected chi connectivity index (χ2v) is 5.73. The van der Waals surface area contributed by atoms with Crippen molar-refractivity contribution < 1.29 is 9.53 Å². The van der Waals surface area contributed by atoms with Crippen LogP contribution in [0.4, 0.5) is 0 Å². The van der Waals surface area contributed by atoms with Gasteiger partial charge in [-0.1, -0.05) is 18.2 Å². The summed E-state index contributed by atoms with van der Waals surface area (Å²) in [6.07, 6.45) is 0.0903. The number of nitrogens with two attached hydrogens (primary N) is 1. The van der Waals surface area contributed by atoms with Gasteiger partial charge in [-0.2, -0.15) is 0 Å². The van der Waals surface area contributed by atoms with Gasteiger partial charge in [-0.15, -0.1) is 23.7 Å². The molecule has 0 saturated carbocycles. The summed E-state index contributed by atoms with van der Waals surface area (Å²) in [5.74, 6) is 0.582. The summed E-state index contributed by atoms with van der Waals surface area (Å²) in [7, 11) is 0. The van der Waals surface area contributed by atoms with E-state index in [1.807, 2.05) is 38.1 Å². The van der Waals surface area contributed by atoms with Gasteiger partial charge >= 0.3 is 0 Å². The number of nitrogens with one attached hydrogen (secondary N) is 1. The van der Waals surface area contributed by atoms with Gasteiger partial charge in [0, 0.05) is 24.0 Å². The van der Waals surface area contributed by atoms with Crippen molar-refractivity contribution in [2.24, 2.45) is 5.73 Å². The highest BCUT2D eigenvalue weighted by molar-refractivity contribution is 7.09. The molecule has 2 aromatic rings. The molecule has 0 atom stereocenters. The number of nitrogens with zero attached hydrogens (tertiary/aromatic N) is 1. The topological polar surface area (TPSA) is 77.2 Å². The molecule has 0 saturated heterocycles. The van der Waals surface area contributed by atoms with E-state index >= 15 is 0 Å². The summed E-state index contributed by atoms with van der Waals surface area (Å²) in [4.78, 5) is 16.2. The first-order valence-electron chi connectivity index (χ1n) is 6.77. The zero-order valence-corrected chi connectivity index (χ0v) is 14.2. The van der Waals surface area contributed by atoms with E-state index in [0.29, 0.717) is 18.8 Å². The van der Waals surface area contributed by atoms with Crippen molar-refractivity contribution in [2.45, 2.75) is 33.0 Å². The number of amides is 1. The van der Waals surface area contributed by atoms with Crippen LogP contribution in [-0.4, -0.2) is 17.0 Å². The maximum absolute atomic E-state index is 12.0. The summed E-state index contributed by atoms with van der Waals surface area (Å²) in [6.45, 7) is 4.69. The fourth-order valence-electron chi connectivity index (χ4n) is 1.79. The first-order valence-corrected chi connectivity index (χ1v) is 7.65. The number of carbonyl (C=O) groups is 1. The van der Waals surface area contributed by atoms with Crippen LogP contribution < -0.4 is 15.8 Å². The number of hydrogen-bond donors (Lipinski definition) is 2. The minimum Gasteiger partial charge on any atom is -0.491 e. The summed E-state index contributed by atoms with van der Waals surface area (Å²) in [5, 5.41) is 5.32. The Morgan fingerprint density at radius 1 is 1.41 bits per heavy atom. The highest BCUT2D eigenvalue weighted by Crippen LogP contribution is 2.19. The largest absolute Gasteiger partial charge is 0.491 e. The molecule has 0 radical (unpaired) electrons. The van der Waals surface area contributed by atoms with Gasteiger partial charge in [-0.05, 0) is 19.9 Å². The Labute approximate surface area is 140 Å². The van der Waals surface area contributed by atoms with E-state index in [9.17, 15) is 4.79 Å². The van der Waals surface area contributed by atoms with E-state index < -0.39 is 0 Å². The van der Waals surface area contributed by atoms with Crippen molar-refractivity contribution in [1.82, 2.24) is 10.3 Å². The van der Waals surface area contributed by atoms with Crippen molar-refractivity contribution in [2.75, 3.05) is 0 Å². The van der Waals surface area contributed by atoms with E-state index in [1.165, 1.54) is 11.3 Å². The van der Waals surface area contributed by atoms with Crippen LogP contribution in [0, 0.1) is 0 Å². The number of aromatic nitrogens is 1. The molecule has 0 bridgehead atoms. The standard InChI is InChI=1S/C15H19N3O2S.ClH/c1-10(2)20-13-6-4-3-5-11(13)8-17-15(19)12-9-21-14(7-16)18-12;/h3-6,9-10H,7-8,16H2,1-2H3,(H,17,19);1H. The first-order chi connectivity index (χ1) is 10.1. The average Bonchev–Trinajstić information content (AvgIpc) is 2.94. The molecule has 0 aliphatic rings. The first kappa shape index (κ1) is 18.4. The van der Waals surface area contributed by atoms with Crippen molar-refractivity contribution in [3.63, 3.8) is 0 Å². The lowest BCUT2D eigenvalue weighted by atomic mass is 10.2. The van der Waals surface area contributed by atoms with Crippen molar-refractivity contribution >= 4 is 29.7 Å². The molecule has 3 N–H and O–H groups in total. The fourth-order valence-corrected chi connectivity index (χ4v) is 2.45. The summed E-state index contributed by atoms with van der Waals surface area (Å²) < 4.78 is 5.72. The second-order valence-electron chi connectivity index (χ2n) is 4.79. The number of halogens is 1. The molecule has 2 rings (SSSR count). The molecule has 0 unspecified atom stereocenters. The Balaban J connectivity index is 0.00000242. The molecule has 0 aliphatic carbocycles. The molecule has 1 aromatic heterocycles. The second kappa shape index (κ2) is 8.73. The van der Waals surface area contributed by atoms with E-state index in [-0.39, 0.29) is 24.4 Å². The lowest BCUT2D eigenvalue weighted by Gasteiger charge is -2.14. The van der Waals surface area contributed by atoms with E-state index in [2.05, 4.69) is 10.3 Å². The van der Waals surface area contributed by atoms with Crippen molar-refractivity contribution in [3.05, 3.63) is 45.9 Å². The Kier molecular flexibility index (Phi) is 7.31. The predicted octanol–water partition coefficient (Wildman–Crippen LogP) is 2.74. The molecule has 120 valence electrons. The summed E-state index contributed by atoms with van der Waals surface area (Å²) in [5.41, 5.74) is 6.84. The van der Waals surface area contributed by atoms with Crippen LogP contribution in [0.1, 0.15) is 34.9 Å². The molecule has 22 heavy (non-hydrogen) atoms. The number of benzene rings is 1. The number of ether oxygens (including phenoxy) is 1.